The fourth-order valence-electron chi connectivity index (χ4n) is 6.00. The highest BCUT2D eigenvalue weighted by Crippen LogP contribution is 2.22. The van der Waals surface area contributed by atoms with Gasteiger partial charge in [0.25, 0.3) is 5.91 Å². The highest BCUT2D eigenvalue weighted by molar-refractivity contribution is 8.13. The highest BCUT2D eigenvalue weighted by Gasteiger charge is 2.21. The average Bonchev–Trinajstić information content (AvgIpc) is 3.40. The Morgan fingerprint density at radius 3 is 1.28 bits per heavy atom. The number of Topliss-reactive ketones (excluding diaryl/α,β-unsaturated/α-hetero) is 1. The van der Waals surface area contributed by atoms with Crippen molar-refractivity contribution < 1.29 is 72.2 Å². The molecule has 5 aromatic carbocycles. The molecule has 0 atom stereocenters. The van der Waals surface area contributed by atoms with Crippen LogP contribution in [0, 0.1) is 35.5 Å². The molecule has 0 fully saturated rings. The Morgan fingerprint density at radius 2 is 0.878 bits per heavy atom. The van der Waals surface area contributed by atoms with Crippen molar-refractivity contribution in [1.29, 1.82) is 0 Å². The maximum Gasteiger partial charge on any atom is 0.412 e. The van der Waals surface area contributed by atoms with Crippen LogP contribution in [0.5, 0.6) is 0 Å². The van der Waals surface area contributed by atoms with Crippen molar-refractivity contribution in [1.82, 2.24) is 0 Å². The minimum Gasteiger partial charge on any atom is -0.478 e. The van der Waals surface area contributed by atoms with Gasteiger partial charge in [0.2, 0.25) is 9.05 Å². The van der Waals surface area contributed by atoms with Crippen LogP contribution in [0.2, 0.25) is 0 Å². The quantitative estimate of drug-likeness (QED) is 0.0287. The van der Waals surface area contributed by atoms with E-state index in [0.29, 0.717) is 28.1 Å². The van der Waals surface area contributed by atoms with Gasteiger partial charge in [-0.25, -0.2) is 27.6 Å². The number of carbonyl (C=O) groups excluding carboxylic acids is 4. The second kappa shape index (κ2) is 29.7. The molecule has 0 saturated carbocycles. The molecule has 436 valence electrons. The number of hydrogen-bond donors (Lipinski definition) is 9. The number of nitrogen functional groups attached to an aromatic ring is 1. The van der Waals surface area contributed by atoms with E-state index in [9.17, 15) is 52.5 Å². The van der Waals surface area contributed by atoms with Gasteiger partial charge in [-0.2, -0.15) is 0 Å². The Kier molecular flexibility index (Phi) is 25.1. The molecule has 0 radical (unpaired) electrons. The van der Waals surface area contributed by atoms with Crippen LogP contribution in [0.3, 0.4) is 0 Å². The van der Waals surface area contributed by atoms with Crippen LogP contribution in [-0.2, 0) is 24.9 Å². The molecule has 0 aliphatic heterocycles. The Balaban J connectivity index is 0.000000491. The number of aliphatic hydroxyl groups is 3. The number of amides is 3. The van der Waals surface area contributed by atoms with Gasteiger partial charge in [0, 0.05) is 67.7 Å². The second-order valence-electron chi connectivity index (χ2n) is 21.5. The summed E-state index contributed by atoms with van der Waals surface area (Å²) in [6.45, 7) is 19.8. The van der Waals surface area contributed by atoms with Gasteiger partial charge in [-0.1, -0.05) is 59.8 Å². The van der Waals surface area contributed by atoms with E-state index in [2.05, 4.69) is 62.2 Å². The number of benzene rings is 5. The maximum absolute atomic E-state index is 13.5. The first kappa shape index (κ1) is 69.4. The van der Waals surface area contributed by atoms with Gasteiger partial charge < -0.3 is 46.1 Å². The molecule has 3 amide bonds. The molecule has 0 aliphatic carbocycles. The summed E-state index contributed by atoms with van der Waals surface area (Å²) in [6, 6.07) is 28.9. The van der Waals surface area contributed by atoms with E-state index in [1.165, 1.54) is 18.2 Å². The molecule has 0 aromatic heterocycles. The Morgan fingerprint density at radius 1 is 0.512 bits per heavy atom. The normalized spacial score (nSPS) is 11.0. The third-order valence-corrected chi connectivity index (χ3v) is 9.07. The number of carboxylic acid groups (broad SMARTS) is 2. The van der Waals surface area contributed by atoms with Crippen molar-refractivity contribution in [2.75, 3.05) is 27.9 Å². The summed E-state index contributed by atoms with van der Waals surface area (Å²) in [4.78, 5) is 72.7. The van der Waals surface area contributed by atoms with E-state index in [0.717, 1.165) is 30.0 Å². The van der Waals surface area contributed by atoms with Gasteiger partial charge >= 0.3 is 24.1 Å². The lowest BCUT2D eigenvalue weighted by Crippen LogP contribution is -2.27. The first-order valence-corrected chi connectivity index (χ1v) is 27.4. The molecule has 0 heterocycles. The predicted molar refractivity (Wildman–Crippen MR) is 316 cm³/mol. The van der Waals surface area contributed by atoms with Crippen LogP contribution in [0.25, 0.3) is 0 Å². The summed E-state index contributed by atoms with van der Waals surface area (Å²) in [5.41, 5.74) is 4.83. The lowest BCUT2D eigenvalue weighted by Gasteiger charge is -2.20. The number of hydrogen-bond acceptors (Lipinski definition) is 14. The molecule has 21 heteroatoms. The van der Waals surface area contributed by atoms with Gasteiger partial charge in [0.1, 0.15) is 28.0 Å². The van der Waals surface area contributed by atoms with Crippen molar-refractivity contribution in [3.63, 3.8) is 0 Å². The largest absolute Gasteiger partial charge is 0.478 e. The minimum atomic E-state index is -3.19. The number of ketones is 1. The van der Waals surface area contributed by atoms with Crippen molar-refractivity contribution in [2.45, 2.75) is 118 Å². The van der Waals surface area contributed by atoms with Crippen LogP contribution in [0.1, 0.15) is 147 Å². The first-order valence-electron chi connectivity index (χ1n) is 24.7. The van der Waals surface area contributed by atoms with E-state index in [1.54, 1.807) is 144 Å². The number of nitrogens with two attached hydrogens (primary N) is 1. The van der Waals surface area contributed by atoms with E-state index < -0.39 is 67.1 Å². The molecule has 10 N–H and O–H groups in total. The monoisotopic (exact) mass is 1160 g/mol. The molecule has 5 aromatic rings. The number of rotatable bonds is 9. The van der Waals surface area contributed by atoms with Crippen molar-refractivity contribution in [3.8, 4) is 35.5 Å². The molecule has 82 heavy (non-hydrogen) atoms. The summed E-state index contributed by atoms with van der Waals surface area (Å²) >= 11 is 0. The van der Waals surface area contributed by atoms with Crippen molar-refractivity contribution in [2.24, 2.45) is 0 Å². The van der Waals surface area contributed by atoms with Gasteiger partial charge in [-0.05, 0) is 174 Å². The molecule has 0 spiro atoms. The van der Waals surface area contributed by atoms with Crippen LogP contribution in [0.15, 0.2) is 109 Å². The number of aromatic carboxylic acids is 2. The summed E-state index contributed by atoms with van der Waals surface area (Å²) < 4.78 is 29.1. The zero-order chi connectivity index (χ0) is 62.6. The average molecular weight is 1170 g/mol. The van der Waals surface area contributed by atoms with E-state index in [4.69, 9.17) is 25.4 Å². The zero-order valence-electron chi connectivity index (χ0n) is 47.8. The highest BCUT2D eigenvalue weighted by atomic mass is 35.7. The third-order valence-electron chi connectivity index (χ3n) is 9.07. The molecule has 0 saturated heterocycles. The standard InChI is InChI=1S/C36H38N2O6.C13H15NO6.C11H13NO.CH3ClO2S/c1-34(2,3)44-33(41)38-30-22-27(31(39)20-26-12-8-10-24(18-26)14-16-35(4,5)42)21-28(23-30)32(40)37-29-13-9-11-25(19-29)15-17-36(6,7)43;1-13(2,3)20-12(19)14-9-5-7(10(15)16)4-8(6-9)11(17)18;1-11(2,13)7-6-9-4-3-5-10(12)8-9;1-5(2,3)4/h8-13,18-19,21-23,42-43H,20H2,1-7H3,(H,37,40)(H,38,41);4-6H,1-3H3,(H,14,19)(H,15,16)(H,17,18);3-5,8,13H,12H2,1-2H3;1H3. The molecule has 0 bridgehead atoms. The molecular weight excluding hydrogens is 1100 g/mol. The molecule has 0 unspecified atom stereocenters. The van der Waals surface area contributed by atoms with Gasteiger partial charge in [0.15, 0.2) is 5.78 Å². The topological polar surface area (TPSA) is 318 Å². The Hall–Kier alpha value is -8.68. The van der Waals surface area contributed by atoms with Crippen molar-refractivity contribution in [3.05, 3.63) is 154 Å². The first-order chi connectivity index (χ1) is 37.4. The van der Waals surface area contributed by atoms with Crippen LogP contribution in [0.4, 0.5) is 32.3 Å². The van der Waals surface area contributed by atoms with Crippen LogP contribution in [-0.4, -0.2) is 104 Å². The summed E-state index contributed by atoms with van der Waals surface area (Å²) in [6.07, 6.45) is -0.591. The number of carbonyl (C=O) groups is 6. The lowest BCUT2D eigenvalue weighted by molar-refractivity contribution is 0.0624. The third kappa shape index (κ3) is 31.8. The van der Waals surface area contributed by atoms with Crippen LogP contribution >= 0.6 is 10.7 Å². The SMILES string of the molecule is CC(C)(C)OC(=O)Nc1cc(C(=O)O)cc(C(=O)O)c1.CC(C)(O)C#Cc1cccc(CC(=O)c2cc(NC(=O)OC(C)(C)C)cc(C(=O)Nc3cccc(C#CC(C)(C)O)c3)c2)c1.CC(C)(O)C#Cc1cccc(N)c1.CS(=O)(=O)Cl. The predicted octanol–water partition coefficient (Wildman–Crippen LogP) is 9.96. The van der Waals surface area contributed by atoms with Crippen molar-refractivity contribution >= 4 is 78.3 Å². The minimum absolute atomic E-state index is 0.0108. The van der Waals surface area contributed by atoms with E-state index in [1.807, 2.05) is 12.1 Å². The van der Waals surface area contributed by atoms with Gasteiger partial charge in [-0.3, -0.25) is 20.2 Å². The fraction of sp³-hybridized carbons (Fsp3) is 0.311. The summed E-state index contributed by atoms with van der Waals surface area (Å²) in [7, 11) is 1.31. The zero-order valence-corrected chi connectivity index (χ0v) is 49.4. The number of nitrogens with one attached hydrogen (secondary N) is 3. The number of anilines is 4. The van der Waals surface area contributed by atoms with E-state index >= 15 is 0 Å². The number of ether oxygens (including phenoxy) is 2. The Bertz CT molecular complexity index is 3310. The molecular formula is C61H69ClN4O15S. The van der Waals surface area contributed by atoms with E-state index in [-0.39, 0.29) is 45.8 Å². The maximum atomic E-state index is 13.5. The summed E-state index contributed by atoms with van der Waals surface area (Å²) in [5.74, 6) is 13.4. The number of halogens is 1. The Labute approximate surface area is 483 Å². The number of carboxylic acids is 2. The lowest BCUT2D eigenvalue weighted by atomic mass is 9.98. The molecule has 5 rings (SSSR count). The molecule has 19 nitrogen and oxygen atoms in total. The molecule has 0 aliphatic rings. The van der Waals surface area contributed by atoms with Crippen LogP contribution < -0.4 is 21.7 Å². The second-order valence-corrected chi connectivity index (χ2v) is 24.6. The fourth-order valence-corrected chi connectivity index (χ4v) is 6.00. The summed E-state index contributed by atoms with van der Waals surface area (Å²) in [5, 5.41) is 54.7. The smallest absolute Gasteiger partial charge is 0.412 e. The van der Waals surface area contributed by atoms with Gasteiger partial charge in [-0.15, -0.1) is 0 Å². The van der Waals surface area contributed by atoms with Gasteiger partial charge in [0.05, 0.1) is 17.4 Å².